The van der Waals surface area contributed by atoms with Crippen LogP contribution in [-0.4, -0.2) is 55.7 Å². The first-order valence-electron chi connectivity index (χ1n) is 7.51. The number of morpholine rings is 1. The summed E-state index contributed by atoms with van der Waals surface area (Å²) in [5, 5.41) is 2.89. The van der Waals surface area contributed by atoms with Crippen molar-refractivity contribution in [2.45, 2.75) is 26.1 Å². The van der Waals surface area contributed by atoms with E-state index in [-0.39, 0.29) is 17.9 Å². The fourth-order valence-electron chi connectivity index (χ4n) is 2.51. The third-order valence-corrected chi connectivity index (χ3v) is 3.67. The molecule has 1 aromatic rings. The SMILES string of the molecule is C[C@@H]1COCCN1C(=O)NCc1ccc(F)c(CN(C)C)c1. The lowest BCUT2D eigenvalue weighted by atomic mass is 10.1. The van der Waals surface area contributed by atoms with Crippen LogP contribution in [0.5, 0.6) is 0 Å². The van der Waals surface area contributed by atoms with Crippen LogP contribution in [0.25, 0.3) is 0 Å². The number of carbonyl (C=O) groups excluding carboxylic acids is 1. The standard InChI is InChI=1S/C16H24FN3O2/c1-12-11-22-7-6-20(12)16(21)18-9-13-4-5-15(17)14(8-13)10-19(2)3/h4-5,8,12H,6-7,9-11H2,1-3H3,(H,18,21)/t12-/m1/s1. The molecular formula is C16H24FN3O2. The number of ether oxygens (including phenoxy) is 1. The van der Waals surface area contributed by atoms with Gasteiger partial charge in [0.1, 0.15) is 5.82 Å². The Morgan fingerprint density at radius 3 is 2.95 bits per heavy atom. The first-order valence-corrected chi connectivity index (χ1v) is 7.51. The summed E-state index contributed by atoms with van der Waals surface area (Å²) in [5.41, 5.74) is 1.53. The van der Waals surface area contributed by atoms with Crippen LogP contribution in [-0.2, 0) is 17.8 Å². The molecule has 0 saturated carbocycles. The van der Waals surface area contributed by atoms with Gasteiger partial charge in [-0.1, -0.05) is 6.07 Å². The zero-order chi connectivity index (χ0) is 16.1. The van der Waals surface area contributed by atoms with Crippen molar-refractivity contribution in [2.75, 3.05) is 33.9 Å². The smallest absolute Gasteiger partial charge is 0.318 e. The highest BCUT2D eigenvalue weighted by Gasteiger charge is 2.23. The minimum Gasteiger partial charge on any atom is -0.377 e. The van der Waals surface area contributed by atoms with Crippen molar-refractivity contribution in [3.63, 3.8) is 0 Å². The van der Waals surface area contributed by atoms with Crippen LogP contribution in [0.4, 0.5) is 9.18 Å². The van der Waals surface area contributed by atoms with Crippen LogP contribution in [0.2, 0.25) is 0 Å². The Bertz CT molecular complexity index is 522. The van der Waals surface area contributed by atoms with Crippen molar-refractivity contribution >= 4 is 6.03 Å². The summed E-state index contributed by atoms with van der Waals surface area (Å²) >= 11 is 0. The first-order chi connectivity index (χ1) is 10.5. The van der Waals surface area contributed by atoms with E-state index in [1.54, 1.807) is 17.0 Å². The molecule has 1 heterocycles. The maximum Gasteiger partial charge on any atom is 0.318 e. The number of carbonyl (C=O) groups is 1. The molecular weight excluding hydrogens is 285 g/mol. The van der Waals surface area contributed by atoms with Gasteiger partial charge in [-0.15, -0.1) is 0 Å². The van der Waals surface area contributed by atoms with Gasteiger partial charge in [-0.05, 0) is 38.7 Å². The number of halogens is 1. The van der Waals surface area contributed by atoms with E-state index < -0.39 is 0 Å². The topological polar surface area (TPSA) is 44.8 Å². The molecule has 1 fully saturated rings. The lowest BCUT2D eigenvalue weighted by molar-refractivity contribution is 0.0190. The van der Waals surface area contributed by atoms with Crippen LogP contribution in [0.3, 0.4) is 0 Å². The van der Waals surface area contributed by atoms with Crippen molar-refractivity contribution in [1.82, 2.24) is 15.1 Å². The minimum atomic E-state index is -0.217. The molecule has 122 valence electrons. The highest BCUT2D eigenvalue weighted by atomic mass is 19.1. The Hall–Kier alpha value is -1.66. The summed E-state index contributed by atoms with van der Waals surface area (Å²) < 4.78 is 19.1. The highest BCUT2D eigenvalue weighted by molar-refractivity contribution is 5.74. The number of nitrogens with one attached hydrogen (secondary N) is 1. The maximum atomic E-state index is 13.7. The predicted octanol–water partition coefficient (Wildman–Crippen LogP) is 1.82. The summed E-state index contributed by atoms with van der Waals surface area (Å²) in [6.07, 6.45) is 0. The molecule has 5 nitrogen and oxygen atoms in total. The number of urea groups is 1. The van der Waals surface area contributed by atoms with Gasteiger partial charge in [0.05, 0.1) is 19.3 Å². The van der Waals surface area contributed by atoms with E-state index in [0.29, 0.717) is 38.4 Å². The van der Waals surface area contributed by atoms with Crippen LogP contribution in [0, 0.1) is 5.82 Å². The van der Waals surface area contributed by atoms with Crippen LogP contribution in [0.1, 0.15) is 18.1 Å². The Balaban J connectivity index is 1.94. The minimum absolute atomic E-state index is 0.0752. The van der Waals surface area contributed by atoms with E-state index >= 15 is 0 Å². The Labute approximate surface area is 131 Å². The number of benzene rings is 1. The lowest BCUT2D eigenvalue weighted by Gasteiger charge is -2.33. The summed E-state index contributed by atoms with van der Waals surface area (Å²) in [7, 11) is 3.79. The molecule has 0 bridgehead atoms. The first kappa shape index (κ1) is 16.7. The van der Waals surface area contributed by atoms with Crippen LogP contribution < -0.4 is 5.32 Å². The number of rotatable bonds is 4. The molecule has 1 aliphatic heterocycles. The summed E-state index contributed by atoms with van der Waals surface area (Å²) in [6.45, 7) is 4.63. The molecule has 0 spiro atoms. The average Bonchev–Trinajstić information content (AvgIpc) is 2.47. The summed E-state index contributed by atoms with van der Waals surface area (Å²) in [6, 6.07) is 4.94. The van der Waals surface area contributed by atoms with Gasteiger partial charge in [0, 0.05) is 25.2 Å². The molecule has 1 aromatic carbocycles. The molecule has 6 heteroatoms. The normalized spacial score (nSPS) is 18.6. The number of hydrogen-bond donors (Lipinski definition) is 1. The summed E-state index contributed by atoms with van der Waals surface area (Å²) in [5.74, 6) is -0.217. The second-order valence-electron chi connectivity index (χ2n) is 5.94. The second-order valence-corrected chi connectivity index (χ2v) is 5.94. The average molecular weight is 309 g/mol. The molecule has 22 heavy (non-hydrogen) atoms. The summed E-state index contributed by atoms with van der Waals surface area (Å²) in [4.78, 5) is 15.9. The highest BCUT2D eigenvalue weighted by Crippen LogP contribution is 2.13. The van der Waals surface area contributed by atoms with E-state index in [0.717, 1.165) is 5.56 Å². The van der Waals surface area contributed by atoms with E-state index in [9.17, 15) is 9.18 Å². The van der Waals surface area contributed by atoms with Gasteiger partial charge in [-0.3, -0.25) is 0 Å². The van der Waals surface area contributed by atoms with Gasteiger partial charge in [-0.25, -0.2) is 9.18 Å². The largest absolute Gasteiger partial charge is 0.377 e. The molecule has 0 radical (unpaired) electrons. The molecule has 1 saturated heterocycles. The maximum absolute atomic E-state index is 13.7. The van der Waals surface area contributed by atoms with Gasteiger partial charge in [0.2, 0.25) is 0 Å². The second kappa shape index (κ2) is 7.56. The quantitative estimate of drug-likeness (QED) is 0.923. The molecule has 0 unspecified atom stereocenters. The van der Waals surface area contributed by atoms with E-state index in [2.05, 4.69) is 5.32 Å². The third kappa shape index (κ3) is 4.42. The van der Waals surface area contributed by atoms with Gasteiger partial charge in [-0.2, -0.15) is 0 Å². The molecule has 1 atom stereocenters. The molecule has 1 aliphatic rings. The van der Waals surface area contributed by atoms with Crippen molar-refractivity contribution in [3.8, 4) is 0 Å². The van der Waals surface area contributed by atoms with Gasteiger partial charge >= 0.3 is 6.03 Å². The molecule has 0 aromatic heterocycles. The zero-order valence-corrected chi connectivity index (χ0v) is 13.4. The number of hydrogen-bond acceptors (Lipinski definition) is 3. The zero-order valence-electron chi connectivity index (χ0n) is 13.4. The monoisotopic (exact) mass is 309 g/mol. The van der Waals surface area contributed by atoms with Crippen molar-refractivity contribution < 1.29 is 13.9 Å². The molecule has 2 amide bonds. The third-order valence-electron chi connectivity index (χ3n) is 3.67. The fraction of sp³-hybridized carbons (Fsp3) is 0.562. The van der Waals surface area contributed by atoms with E-state index in [1.807, 2.05) is 25.9 Å². The van der Waals surface area contributed by atoms with Gasteiger partial charge in [0.15, 0.2) is 0 Å². The van der Waals surface area contributed by atoms with E-state index in [1.165, 1.54) is 6.07 Å². The number of amides is 2. The van der Waals surface area contributed by atoms with Gasteiger partial charge in [0.25, 0.3) is 0 Å². The molecule has 0 aliphatic carbocycles. The van der Waals surface area contributed by atoms with Crippen molar-refractivity contribution in [2.24, 2.45) is 0 Å². The van der Waals surface area contributed by atoms with Gasteiger partial charge < -0.3 is 19.9 Å². The van der Waals surface area contributed by atoms with Crippen LogP contribution in [0.15, 0.2) is 18.2 Å². The fourth-order valence-corrected chi connectivity index (χ4v) is 2.51. The molecule has 1 N–H and O–H groups in total. The Kier molecular flexibility index (Phi) is 5.74. The van der Waals surface area contributed by atoms with E-state index in [4.69, 9.17) is 4.74 Å². The predicted molar refractivity (Wildman–Crippen MR) is 83.0 cm³/mol. The van der Waals surface area contributed by atoms with Crippen molar-refractivity contribution in [1.29, 1.82) is 0 Å². The van der Waals surface area contributed by atoms with Crippen LogP contribution >= 0.6 is 0 Å². The number of nitrogens with zero attached hydrogens (tertiary/aromatic N) is 2. The Morgan fingerprint density at radius 1 is 1.50 bits per heavy atom. The Morgan fingerprint density at radius 2 is 2.27 bits per heavy atom. The lowest BCUT2D eigenvalue weighted by Crippen LogP contribution is -2.51. The van der Waals surface area contributed by atoms with Crippen molar-refractivity contribution in [3.05, 3.63) is 35.1 Å². The molecule has 2 rings (SSSR count).